The van der Waals surface area contributed by atoms with E-state index in [-0.39, 0.29) is 6.10 Å². The molecule has 0 spiro atoms. The fourth-order valence-corrected chi connectivity index (χ4v) is 1.36. The number of ether oxygens (including phenoxy) is 1. The first-order valence-electron chi connectivity index (χ1n) is 5.47. The highest BCUT2D eigenvalue weighted by Crippen LogP contribution is 2.04. The van der Waals surface area contributed by atoms with Crippen molar-refractivity contribution in [1.82, 2.24) is 4.98 Å². The Balaban J connectivity index is 2.16. The molecule has 1 unspecified atom stereocenters. The molecule has 0 saturated carbocycles. The van der Waals surface area contributed by atoms with Crippen LogP contribution in [0.4, 0.5) is 0 Å². The highest BCUT2D eigenvalue weighted by molar-refractivity contribution is 5.09. The van der Waals surface area contributed by atoms with Gasteiger partial charge in [0.05, 0.1) is 6.10 Å². The van der Waals surface area contributed by atoms with Gasteiger partial charge in [-0.1, -0.05) is 13.0 Å². The third kappa shape index (κ3) is 5.50. The number of hydrogen-bond donors (Lipinski definition) is 1. The van der Waals surface area contributed by atoms with Gasteiger partial charge >= 0.3 is 0 Å². The molecular formula is C12H19NO2. The van der Waals surface area contributed by atoms with Gasteiger partial charge in [-0.25, -0.2) is 0 Å². The molecule has 0 aliphatic heterocycles. The largest absolute Gasteiger partial charge is 0.393 e. The molecule has 1 aromatic rings. The van der Waals surface area contributed by atoms with Crippen molar-refractivity contribution in [3.05, 3.63) is 30.1 Å². The Labute approximate surface area is 91.1 Å². The van der Waals surface area contributed by atoms with E-state index in [2.05, 4.69) is 11.9 Å². The van der Waals surface area contributed by atoms with Gasteiger partial charge in [0.25, 0.3) is 0 Å². The Morgan fingerprint density at radius 2 is 2.33 bits per heavy atom. The Morgan fingerprint density at radius 1 is 1.47 bits per heavy atom. The lowest BCUT2D eigenvalue weighted by atomic mass is 10.1. The van der Waals surface area contributed by atoms with E-state index in [1.54, 1.807) is 12.4 Å². The molecule has 3 nitrogen and oxygen atoms in total. The summed E-state index contributed by atoms with van der Waals surface area (Å²) in [5.41, 5.74) is 1.07. The van der Waals surface area contributed by atoms with Crippen LogP contribution in [0.25, 0.3) is 0 Å². The van der Waals surface area contributed by atoms with E-state index < -0.39 is 0 Å². The third-order valence-corrected chi connectivity index (χ3v) is 2.14. The fourth-order valence-electron chi connectivity index (χ4n) is 1.36. The van der Waals surface area contributed by atoms with Crippen molar-refractivity contribution in [2.45, 2.75) is 32.3 Å². The van der Waals surface area contributed by atoms with Crippen LogP contribution in [0.5, 0.6) is 0 Å². The lowest BCUT2D eigenvalue weighted by Gasteiger charge is -2.10. The van der Waals surface area contributed by atoms with E-state index in [0.29, 0.717) is 19.4 Å². The van der Waals surface area contributed by atoms with Gasteiger partial charge in [0.1, 0.15) is 0 Å². The second-order valence-corrected chi connectivity index (χ2v) is 3.62. The van der Waals surface area contributed by atoms with Gasteiger partial charge in [-0.3, -0.25) is 4.98 Å². The molecule has 0 aromatic carbocycles. The van der Waals surface area contributed by atoms with Gasteiger partial charge in [-0.05, 0) is 30.9 Å². The quantitative estimate of drug-likeness (QED) is 0.696. The SMILES string of the molecule is CCCOCCC(O)Cc1cccnc1. The summed E-state index contributed by atoms with van der Waals surface area (Å²) in [6.45, 7) is 3.49. The molecular weight excluding hydrogens is 190 g/mol. The molecule has 1 aromatic heterocycles. The molecule has 0 aliphatic carbocycles. The van der Waals surface area contributed by atoms with E-state index in [1.807, 2.05) is 12.1 Å². The summed E-state index contributed by atoms with van der Waals surface area (Å²) in [5, 5.41) is 9.69. The van der Waals surface area contributed by atoms with Crippen molar-refractivity contribution in [2.24, 2.45) is 0 Å². The molecule has 3 heteroatoms. The van der Waals surface area contributed by atoms with Gasteiger partial charge in [-0.15, -0.1) is 0 Å². The lowest BCUT2D eigenvalue weighted by Crippen LogP contribution is -2.14. The Hall–Kier alpha value is -0.930. The zero-order valence-corrected chi connectivity index (χ0v) is 9.22. The molecule has 1 heterocycles. The van der Waals surface area contributed by atoms with Gasteiger partial charge in [0.15, 0.2) is 0 Å². The van der Waals surface area contributed by atoms with Crippen molar-refractivity contribution in [3.8, 4) is 0 Å². The lowest BCUT2D eigenvalue weighted by molar-refractivity contribution is 0.0824. The normalized spacial score (nSPS) is 12.7. The average Bonchev–Trinajstić information content (AvgIpc) is 2.26. The summed E-state index contributed by atoms with van der Waals surface area (Å²) in [4.78, 5) is 4.01. The van der Waals surface area contributed by atoms with Crippen molar-refractivity contribution < 1.29 is 9.84 Å². The molecule has 15 heavy (non-hydrogen) atoms. The first kappa shape index (κ1) is 12.1. The third-order valence-electron chi connectivity index (χ3n) is 2.14. The maximum atomic E-state index is 9.69. The van der Waals surface area contributed by atoms with Gasteiger partial charge in [0, 0.05) is 25.6 Å². The summed E-state index contributed by atoms with van der Waals surface area (Å²) in [6, 6.07) is 3.86. The van der Waals surface area contributed by atoms with Crippen LogP contribution in [0, 0.1) is 0 Å². The van der Waals surface area contributed by atoms with E-state index in [4.69, 9.17) is 4.74 Å². The number of aliphatic hydroxyl groups excluding tert-OH is 1. The Bertz CT molecular complexity index is 251. The zero-order valence-electron chi connectivity index (χ0n) is 9.22. The highest BCUT2D eigenvalue weighted by Gasteiger charge is 2.05. The van der Waals surface area contributed by atoms with Gasteiger partial charge in [0.2, 0.25) is 0 Å². The van der Waals surface area contributed by atoms with E-state index >= 15 is 0 Å². The summed E-state index contributed by atoms with van der Waals surface area (Å²) in [7, 11) is 0. The molecule has 1 N–H and O–H groups in total. The zero-order chi connectivity index (χ0) is 10.9. The molecule has 0 amide bonds. The number of rotatable bonds is 7. The van der Waals surface area contributed by atoms with Crippen molar-refractivity contribution in [1.29, 1.82) is 0 Å². The number of aliphatic hydroxyl groups is 1. The molecule has 84 valence electrons. The van der Waals surface area contributed by atoms with Crippen LogP contribution in [0.3, 0.4) is 0 Å². The minimum absolute atomic E-state index is 0.328. The van der Waals surface area contributed by atoms with E-state index in [0.717, 1.165) is 18.6 Å². The standard InChI is InChI=1S/C12H19NO2/c1-2-7-15-8-5-12(14)9-11-4-3-6-13-10-11/h3-4,6,10,12,14H,2,5,7-9H2,1H3. The molecule has 1 atom stereocenters. The Morgan fingerprint density at radius 3 is 3.00 bits per heavy atom. The number of nitrogens with zero attached hydrogens (tertiary/aromatic N) is 1. The fraction of sp³-hybridized carbons (Fsp3) is 0.583. The molecule has 0 radical (unpaired) electrons. The first-order chi connectivity index (χ1) is 7.33. The van der Waals surface area contributed by atoms with Crippen molar-refractivity contribution >= 4 is 0 Å². The smallest absolute Gasteiger partial charge is 0.0603 e. The summed E-state index contributed by atoms with van der Waals surface area (Å²) in [5.74, 6) is 0. The van der Waals surface area contributed by atoms with Crippen LogP contribution < -0.4 is 0 Å². The second kappa shape index (κ2) is 7.37. The summed E-state index contributed by atoms with van der Waals surface area (Å²) >= 11 is 0. The number of aromatic nitrogens is 1. The number of hydrogen-bond acceptors (Lipinski definition) is 3. The van der Waals surface area contributed by atoms with Crippen molar-refractivity contribution in [2.75, 3.05) is 13.2 Å². The topological polar surface area (TPSA) is 42.4 Å². The Kier molecular flexibility index (Phi) is 5.97. The van der Waals surface area contributed by atoms with Crippen LogP contribution in [-0.4, -0.2) is 29.4 Å². The van der Waals surface area contributed by atoms with Crippen LogP contribution in [0.2, 0.25) is 0 Å². The molecule has 0 bridgehead atoms. The molecule has 1 rings (SSSR count). The van der Waals surface area contributed by atoms with Crippen LogP contribution in [0.15, 0.2) is 24.5 Å². The minimum Gasteiger partial charge on any atom is -0.393 e. The number of pyridine rings is 1. The summed E-state index contributed by atoms with van der Waals surface area (Å²) < 4.78 is 5.32. The predicted octanol–water partition coefficient (Wildman–Crippen LogP) is 1.80. The maximum Gasteiger partial charge on any atom is 0.0603 e. The van der Waals surface area contributed by atoms with Crippen LogP contribution in [-0.2, 0) is 11.2 Å². The van der Waals surface area contributed by atoms with E-state index in [9.17, 15) is 5.11 Å². The maximum absolute atomic E-state index is 9.69. The monoisotopic (exact) mass is 209 g/mol. The second-order valence-electron chi connectivity index (χ2n) is 3.62. The molecule has 0 fully saturated rings. The molecule has 0 saturated heterocycles. The first-order valence-corrected chi connectivity index (χ1v) is 5.47. The van der Waals surface area contributed by atoms with Gasteiger partial charge in [-0.2, -0.15) is 0 Å². The summed E-state index contributed by atoms with van der Waals surface area (Å²) in [6.07, 6.45) is 5.57. The van der Waals surface area contributed by atoms with Crippen molar-refractivity contribution in [3.63, 3.8) is 0 Å². The predicted molar refractivity (Wildman–Crippen MR) is 59.7 cm³/mol. The average molecular weight is 209 g/mol. The van der Waals surface area contributed by atoms with Crippen LogP contribution >= 0.6 is 0 Å². The van der Waals surface area contributed by atoms with E-state index in [1.165, 1.54) is 0 Å². The van der Waals surface area contributed by atoms with Crippen LogP contribution in [0.1, 0.15) is 25.3 Å². The molecule has 0 aliphatic rings. The minimum atomic E-state index is -0.328. The highest BCUT2D eigenvalue weighted by atomic mass is 16.5. The van der Waals surface area contributed by atoms with Gasteiger partial charge < -0.3 is 9.84 Å².